The summed E-state index contributed by atoms with van der Waals surface area (Å²) >= 11 is 0. The van der Waals surface area contributed by atoms with E-state index in [4.69, 9.17) is 19.7 Å². The van der Waals surface area contributed by atoms with E-state index in [1.807, 2.05) is 0 Å². The smallest absolute Gasteiger partial charge is 0.340 e. The fourth-order valence-corrected chi connectivity index (χ4v) is 1.56. The summed E-state index contributed by atoms with van der Waals surface area (Å²) in [6.45, 7) is 1.97. The van der Waals surface area contributed by atoms with Gasteiger partial charge in [-0.3, -0.25) is 0 Å². The first-order valence-corrected chi connectivity index (χ1v) is 6.86. The zero-order valence-corrected chi connectivity index (χ0v) is 13.1. The van der Waals surface area contributed by atoms with Crippen LogP contribution in [0, 0.1) is 0 Å². The van der Waals surface area contributed by atoms with Gasteiger partial charge in [0, 0.05) is 12.0 Å². The lowest BCUT2D eigenvalue weighted by Crippen LogP contribution is -2.09. The Morgan fingerprint density at radius 1 is 1.17 bits per heavy atom. The van der Waals surface area contributed by atoms with Crippen molar-refractivity contribution in [3.8, 4) is 5.75 Å². The molecule has 0 fully saturated rings. The highest BCUT2D eigenvalue weighted by Gasteiger charge is 2.07. The first-order chi connectivity index (χ1) is 11.2. The maximum Gasteiger partial charge on any atom is 0.340 e. The minimum absolute atomic E-state index is 0.116. The van der Waals surface area contributed by atoms with Crippen LogP contribution in [0.1, 0.15) is 5.56 Å². The number of esters is 1. The minimum Gasteiger partial charge on any atom is -0.491 e. The van der Waals surface area contributed by atoms with Gasteiger partial charge in [0.2, 0.25) is 0 Å². The van der Waals surface area contributed by atoms with Crippen molar-refractivity contribution >= 4 is 12.0 Å². The van der Waals surface area contributed by atoms with Gasteiger partial charge >= 0.3 is 5.97 Å². The molecule has 0 heterocycles. The maximum absolute atomic E-state index is 11.4. The third kappa shape index (κ3) is 7.32. The molecule has 0 unspecified atom stereocenters. The molecule has 0 bridgehead atoms. The lowest BCUT2D eigenvalue weighted by Gasteiger charge is -2.07. The SMILES string of the molecule is COCCOCCOc1ccc(C=C(N=[N+]=[N-])C(=O)OC)cc1. The summed E-state index contributed by atoms with van der Waals surface area (Å²) in [7, 11) is 2.83. The van der Waals surface area contributed by atoms with Crippen LogP contribution in [0.25, 0.3) is 16.5 Å². The van der Waals surface area contributed by atoms with Crippen LogP contribution in [0.2, 0.25) is 0 Å². The molecule has 0 aliphatic heterocycles. The van der Waals surface area contributed by atoms with Crippen molar-refractivity contribution in [1.82, 2.24) is 0 Å². The summed E-state index contributed by atoms with van der Waals surface area (Å²) < 4.78 is 20.2. The number of carbonyl (C=O) groups excluding carboxylic acids is 1. The Balaban J connectivity index is 2.55. The van der Waals surface area contributed by atoms with Gasteiger partial charge in [0.25, 0.3) is 0 Å². The summed E-state index contributed by atoms with van der Waals surface area (Å²) in [6, 6.07) is 6.95. The van der Waals surface area contributed by atoms with Crippen LogP contribution in [0.15, 0.2) is 35.1 Å². The number of hydrogen-bond donors (Lipinski definition) is 0. The first-order valence-electron chi connectivity index (χ1n) is 6.86. The van der Waals surface area contributed by atoms with Crippen LogP contribution in [-0.2, 0) is 19.0 Å². The van der Waals surface area contributed by atoms with Crippen molar-refractivity contribution in [2.24, 2.45) is 5.11 Å². The number of azide groups is 1. The molecule has 0 spiro atoms. The van der Waals surface area contributed by atoms with E-state index in [0.29, 0.717) is 37.7 Å². The predicted octanol–water partition coefficient (Wildman–Crippen LogP) is 2.55. The Morgan fingerprint density at radius 2 is 1.87 bits per heavy atom. The van der Waals surface area contributed by atoms with Crippen LogP contribution in [0.4, 0.5) is 0 Å². The summed E-state index contributed by atoms with van der Waals surface area (Å²) in [5.74, 6) is -0.0303. The zero-order valence-electron chi connectivity index (χ0n) is 13.1. The summed E-state index contributed by atoms with van der Waals surface area (Å²) in [5.41, 5.74) is 9.01. The molecule has 124 valence electrons. The third-order valence-corrected chi connectivity index (χ3v) is 2.66. The van der Waals surface area contributed by atoms with Crippen LogP contribution in [-0.4, -0.2) is 46.6 Å². The van der Waals surface area contributed by atoms with Gasteiger partial charge in [0.1, 0.15) is 18.1 Å². The van der Waals surface area contributed by atoms with Gasteiger partial charge < -0.3 is 18.9 Å². The minimum atomic E-state index is -0.698. The van der Waals surface area contributed by atoms with Crippen molar-refractivity contribution in [2.45, 2.75) is 0 Å². The molecule has 0 aromatic heterocycles. The molecule has 0 atom stereocenters. The Hall–Kier alpha value is -2.54. The fourth-order valence-electron chi connectivity index (χ4n) is 1.56. The highest BCUT2D eigenvalue weighted by Crippen LogP contribution is 2.15. The van der Waals surface area contributed by atoms with Crippen molar-refractivity contribution in [3.05, 3.63) is 46.0 Å². The molecule has 0 aliphatic carbocycles. The third-order valence-electron chi connectivity index (χ3n) is 2.66. The molecule has 23 heavy (non-hydrogen) atoms. The number of carbonyl (C=O) groups is 1. The predicted molar refractivity (Wildman–Crippen MR) is 83.8 cm³/mol. The molecule has 1 aromatic carbocycles. The summed E-state index contributed by atoms with van der Waals surface area (Å²) in [4.78, 5) is 14.0. The van der Waals surface area contributed by atoms with Gasteiger partial charge in [-0.25, -0.2) is 4.79 Å². The molecule has 0 radical (unpaired) electrons. The highest BCUT2D eigenvalue weighted by atomic mass is 16.5. The standard InChI is InChI=1S/C15H19N3O5/c1-20-7-8-22-9-10-23-13-5-3-12(4-6-13)11-14(17-18-16)15(19)21-2/h3-6,11H,7-10H2,1-2H3. The molecular formula is C15H19N3O5. The van der Waals surface area contributed by atoms with E-state index in [0.717, 1.165) is 0 Å². The lowest BCUT2D eigenvalue weighted by molar-refractivity contribution is -0.136. The molecule has 0 N–H and O–H groups in total. The zero-order chi connectivity index (χ0) is 16.9. The van der Waals surface area contributed by atoms with Crippen molar-refractivity contribution in [1.29, 1.82) is 0 Å². The number of methoxy groups -OCH3 is 2. The summed E-state index contributed by atoms with van der Waals surface area (Å²) in [5, 5.41) is 3.31. The van der Waals surface area contributed by atoms with Gasteiger partial charge in [-0.05, 0) is 29.3 Å². The number of hydrogen-bond acceptors (Lipinski definition) is 6. The molecule has 0 aliphatic rings. The Kier molecular flexibility index (Phi) is 8.92. The molecule has 8 heteroatoms. The van der Waals surface area contributed by atoms with Crippen molar-refractivity contribution < 1.29 is 23.7 Å². The van der Waals surface area contributed by atoms with Crippen molar-refractivity contribution in [2.75, 3.05) is 40.6 Å². The molecular weight excluding hydrogens is 302 g/mol. The Labute approximate surface area is 134 Å². The maximum atomic E-state index is 11.4. The molecule has 0 amide bonds. The van der Waals surface area contributed by atoms with Gasteiger partial charge in [-0.15, -0.1) is 0 Å². The largest absolute Gasteiger partial charge is 0.491 e. The van der Waals surface area contributed by atoms with Crippen LogP contribution in [0.3, 0.4) is 0 Å². The van der Waals surface area contributed by atoms with E-state index in [-0.39, 0.29) is 5.70 Å². The number of benzene rings is 1. The van der Waals surface area contributed by atoms with Gasteiger partial charge in [-0.1, -0.05) is 17.2 Å². The van der Waals surface area contributed by atoms with E-state index in [1.54, 1.807) is 31.4 Å². The number of ether oxygens (including phenoxy) is 4. The summed E-state index contributed by atoms with van der Waals surface area (Å²) in [6.07, 6.45) is 1.43. The van der Waals surface area contributed by atoms with Crippen LogP contribution >= 0.6 is 0 Å². The number of rotatable bonds is 10. The van der Waals surface area contributed by atoms with E-state index in [9.17, 15) is 4.79 Å². The normalized spacial score (nSPS) is 10.8. The fraction of sp³-hybridized carbons (Fsp3) is 0.400. The van der Waals surface area contributed by atoms with E-state index < -0.39 is 5.97 Å². The molecule has 0 saturated carbocycles. The monoisotopic (exact) mass is 321 g/mol. The first kappa shape index (κ1) is 18.5. The highest BCUT2D eigenvalue weighted by molar-refractivity contribution is 5.93. The van der Waals surface area contributed by atoms with Crippen LogP contribution in [0.5, 0.6) is 5.75 Å². The van der Waals surface area contributed by atoms with Crippen molar-refractivity contribution in [3.63, 3.8) is 0 Å². The molecule has 0 saturated heterocycles. The second-order valence-electron chi connectivity index (χ2n) is 4.23. The second-order valence-corrected chi connectivity index (χ2v) is 4.23. The topological polar surface area (TPSA) is 103 Å². The van der Waals surface area contributed by atoms with E-state index >= 15 is 0 Å². The van der Waals surface area contributed by atoms with Gasteiger partial charge in [-0.2, -0.15) is 0 Å². The average molecular weight is 321 g/mol. The number of nitrogens with zero attached hydrogens (tertiary/aromatic N) is 3. The van der Waals surface area contributed by atoms with Gasteiger partial charge in [0.15, 0.2) is 0 Å². The Bertz CT molecular complexity index is 565. The quantitative estimate of drug-likeness (QED) is 0.164. The molecule has 1 rings (SSSR count). The van der Waals surface area contributed by atoms with Gasteiger partial charge in [0.05, 0.1) is 26.9 Å². The second kappa shape index (κ2) is 11.1. The lowest BCUT2D eigenvalue weighted by atomic mass is 10.2. The van der Waals surface area contributed by atoms with E-state index in [1.165, 1.54) is 13.2 Å². The average Bonchev–Trinajstić information content (AvgIpc) is 2.58. The molecule has 8 nitrogen and oxygen atoms in total. The molecule has 1 aromatic rings. The van der Waals surface area contributed by atoms with E-state index in [2.05, 4.69) is 14.8 Å². The van der Waals surface area contributed by atoms with Crippen LogP contribution < -0.4 is 4.74 Å². The Morgan fingerprint density at radius 3 is 2.48 bits per heavy atom.